The molecule has 80 valence electrons. The van der Waals surface area contributed by atoms with Crippen molar-refractivity contribution in [3.8, 4) is 0 Å². The monoisotopic (exact) mass is 267 g/mol. The number of nitrogens with zero attached hydrogens (tertiary/aromatic N) is 2. The minimum atomic E-state index is 0.977. The highest BCUT2D eigenvalue weighted by Crippen LogP contribution is 2.22. The van der Waals surface area contributed by atoms with Crippen molar-refractivity contribution in [2.75, 3.05) is 13.6 Å². The van der Waals surface area contributed by atoms with Crippen molar-refractivity contribution < 1.29 is 0 Å². The Morgan fingerprint density at radius 1 is 1.47 bits per heavy atom. The molecule has 15 heavy (non-hydrogen) atoms. The maximum absolute atomic E-state index is 4.49. The number of aryl methyl sites for hydroxylation is 1. The van der Waals surface area contributed by atoms with E-state index in [1.165, 1.54) is 11.1 Å². The lowest BCUT2D eigenvalue weighted by Crippen LogP contribution is -2.12. The van der Waals surface area contributed by atoms with Crippen LogP contribution in [0.25, 0.3) is 10.9 Å². The third-order valence-corrected chi connectivity index (χ3v) is 3.02. The van der Waals surface area contributed by atoms with Gasteiger partial charge in [0.05, 0.1) is 5.52 Å². The summed E-state index contributed by atoms with van der Waals surface area (Å²) in [4.78, 5) is 0. The van der Waals surface area contributed by atoms with E-state index in [4.69, 9.17) is 0 Å². The molecule has 0 atom stereocenters. The van der Waals surface area contributed by atoms with Gasteiger partial charge in [0.25, 0.3) is 0 Å². The molecule has 0 aliphatic heterocycles. The molecule has 0 aliphatic rings. The quantitative estimate of drug-likeness (QED) is 0.923. The lowest BCUT2D eigenvalue weighted by atomic mass is 10.1. The topological polar surface area (TPSA) is 29.9 Å². The summed E-state index contributed by atoms with van der Waals surface area (Å²) in [5, 5.41) is 8.89. The Morgan fingerprint density at radius 3 is 3.00 bits per heavy atom. The van der Waals surface area contributed by atoms with E-state index in [-0.39, 0.29) is 0 Å². The number of likely N-dealkylation sites (N-methyl/N-ethyl adjacent to an activating group) is 1. The SMILES string of the molecule is CNCCc1c2ccc(Br)cc2nn1C. The molecule has 0 fully saturated rings. The molecule has 0 radical (unpaired) electrons. The summed E-state index contributed by atoms with van der Waals surface area (Å²) < 4.78 is 3.04. The highest BCUT2D eigenvalue weighted by molar-refractivity contribution is 9.10. The fourth-order valence-corrected chi connectivity index (χ4v) is 2.12. The summed E-state index contributed by atoms with van der Waals surface area (Å²) in [5.74, 6) is 0. The van der Waals surface area contributed by atoms with Gasteiger partial charge in [0, 0.05) is 35.6 Å². The Kier molecular flexibility index (Phi) is 3.07. The predicted octanol–water partition coefficient (Wildman–Crippen LogP) is 2.10. The molecule has 1 N–H and O–H groups in total. The van der Waals surface area contributed by atoms with E-state index in [0.29, 0.717) is 0 Å². The van der Waals surface area contributed by atoms with E-state index in [1.54, 1.807) is 0 Å². The van der Waals surface area contributed by atoms with E-state index < -0.39 is 0 Å². The Labute approximate surface area is 97.6 Å². The van der Waals surface area contributed by atoms with Crippen LogP contribution in [-0.4, -0.2) is 23.4 Å². The van der Waals surface area contributed by atoms with E-state index in [2.05, 4.69) is 44.5 Å². The zero-order valence-electron chi connectivity index (χ0n) is 8.92. The van der Waals surface area contributed by atoms with Crippen molar-refractivity contribution in [2.45, 2.75) is 6.42 Å². The first-order valence-electron chi connectivity index (χ1n) is 4.98. The van der Waals surface area contributed by atoms with Crippen molar-refractivity contribution in [1.82, 2.24) is 15.1 Å². The molecule has 0 spiro atoms. The van der Waals surface area contributed by atoms with Crippen LogP contribution in [0.1, 0.15) is 5.69 Å². The summed E-state index contributed by atoms with van der Waals surface area (Å²) in [6, 6.07) is 6.24. The van der Waals surface area contributed by atoms with Gasteiger partial charge in [-0.3, -0.25) is 4.68 Å². The zero-order chi connectivity index (χ0) is 10.8. The summed E-state index contributed by atoms with van der Waals surface area (Å²) >= 11 is 3.46. The molecule has 1 heterocycles. The minimum absolute atomic E-state index is 0.977. The molecule has 0 saturated heterocycles. The lowest BCUT2D eigenvalue weighted by Gasteiger charge is -2.01. The fraction of sp³-hybridized carbons (Fsp3) is 0.364. The van der Waals surface area contributed by atoms with Gasteiger partial charge in [-0.2, -0.15) is 5.10 Å². The Bertz CT molecular complexity index is 476. The van der Waals surface area contributed by atoms with E-state index >= 15 is 0 Å². The summed E-state index contributed by atoms with van der Waals surface area (Å²) in [5.41, 5.74) is 2.34. The molecular weight excluding hydrogens is 254 g/mol. The third kappa shape index (κ3) is 2.06. The second kappa shape index (κ2) is 4.33. The maximum atomic E-state index is 4.49. The van der Waals surface area contributed by atoms with E-state index in [9.17, 15) is 0 Å². The van der Waals surface area contributed by atoms with Crippen LogP contribution in [0.4, 0.5) is 0 Å². The van der Waals surface area contributed by atoms with Crippen LogP contribution in [0.2, 0.25) is 0 Å². The molecular formula is C11H14BrN3. The van der Waals surface area contributed by atoms with Crippen molar-refractivity contribution in [3.63, 3.8) is 0 Å². The number of benzene rings is 1. The number of fused-ring (bicyclic) bond motifs is 1. The molecule has 0 unspecified atom stereocenters. The molecule has 2 rings (SSSR count). The predicted molar refractivity (Wildman–Crippen MR) is 66.0 cm³/mol. The second-order valence-corrected chi connectivity index (χ2v) is 4.50. The summed E-state index contributed by atoms with van der Waals surface area (Å²) in [7, 11) is 3.97. The lowest BCUT2D eigenvalue weighted by molar-refractivity contribution is 0.688. The first-order valence-corrected chi connectivity index (χ1v) is 5.77. The van der Waals surface area contributed by atoms with Gasteiger partial charge in [-0.25, -0.2) is 0 Å². The first-order chi connectivity index (χ1) is 7.22. The van der Waals surface area contributed by atoms with Crippen LogP contribution in [-0.2, 0) is 13.5 Å². The van der Waals surface area contributed by atoms with Gasteiger partial charge >= 0.3 is 0 Å². The van der Waals surface area contributed by atoms with Gasteiger partial charge in [0.15, 0.2) is 0 Å². The maximum Gasteiger partial charge on any atom is 0.0937 e. The zero-order valence-corrected chi connectivity index (χ0v) is 10.5. The molecule has 0 saturated carbocycles. The van der Waals surface area contributed by atoms with Gasteiger partial charge in [-0.15, -0.1) is 0 Å². The van der Waals surface area contributed by atoms with Crippen molar-refractivity contribution in [1.29, 1.82) is 0 Å². The van der Waals surface area contributed by atoms with E-state index in [0.717, 1.165) is 23.0 Å². The second-order valence-electron chi connectivity index (χ2n) is 3.59. The van der Waals surface area contributed by atoms with Crippen molar-refractivity contribution in [3.05, 3.63) is 28.4 Å². The van der Waals surface area contributed by atoms with Crippen LogP contribution in [0.5, 0.6) is 0 Å². The third-order valence-electron chi connectivity index (χ3n) is 2.53. The van der Waals surface area contributed by atoms with Crippen molar-refractivity contribution >= 4 is 26.8 Å². The van der Waals surface area contributed by atoms with Gasteiger partial charge in [0.2, 0.25) is 0 Å². The average Bonchev–Trinajstić information content (AvgIpc) is 2.50. The normalized spacial score (nSPS) is 11.1. The van der Waals surface area contributed by atoms with Crippen LogP contribution < -0.4 is 5.32 Å². The molecule has 3 nitrogen and oxygen atoms in total. The Balaban J connectivity index is 2.48. The molecule has 0 bridgehead atoms. The van der Waals surface area contributed by atoms with Crippen LogP contribution in [0.15, 0.2) is 22.7 Å². The van der Waals surface area contributed by atoms with Gasteiger partial charge in [-0.05, 0) is 25.2 Å². The fourth-order valence-electron chi connectivity index (χ4n) is 1.77. The Morgan fingerprint density at radius 2 is 2.27 bits per heavy atom. The van der Waals surface area contributed by atoms with Crippen LogP contribution >= 0.6 is 15.9 Å². The van der Waals surface area contributed by atoms with Crippen LogP contribution in [0.3, 0.4) is 0 Å². The standard InChI is InChI=1S/C11H14BrN3/c1-13-6-5-11-9-4-3-8(12)7-10(9)14-15(11)2/h3-4,7,13H,5-6H2,1-2H3. The molecule has 2 aromatic rings. The van der Waals surface area contributed by atoms with Crippen LogP contribution in [0, 0.1) is 0 Å². The average molecular weight is 268 g/mol. The molecule has 0 aliphatic carbocycles. The molecule has 4 heteroatoms. The highest BCUT2D eigenvalue weighted by Gasteiger charge is 2.07. The largest absolute Gasteiger partial charge is 0.319 e. The number of halogens is 1. The highest BCUT2D eigenvalue weighted by atomic mass is 79.9. The van der Waals surface area contributed by atoms with Gasteiger partial charge < -0.3 is 5.32 Å². The summed E-state index contributed by atoms with van der Waals surface area (Å²) in [6.45, 7) is 0.977. The smallest absolute Gasteiger partial charge is 0.0937 e. The number of aromatic nitrogens is 2. The van der Waals surface area contributed by atoms with Crippen molar-refractivity contribution in [2.24, 2.45) is 7.05 Å². The molecule has 1 aromatic heterocycles. The molecule has 1 aromatic carbocycles. The van der Waals surface area contributed by atoms with E-state index in [1.807, 2.05) is 18.8 Å². The minimum Gasteiger partial charge on any atom is -0.319 e. The van der Waals surface area contributed by atoms with Gasteiger partial charge in [0.1, 0.15) is 0 Å². The number of hydrogen-bond donors (Lipinski definition) is 1. The number of rotatable bonds is 3. The number of hydrogen-bond acceptors (Lipinski definition) is 2. The first kappa shape index (κ1) is 10.6. The van der Waals surface area contributed by atoms with Gasteiger partial charge in [-0.1, -0.05) is 15.9 Å². The number of nitrogens with one attached hydrogen (secondary N) is 1. The molecule has 0 amide bonds. The Hall–Kier alpha value is -0.870. The summed E-state index contributed by atoms with van der Waals surface area (Å²) in [6.07, 6.45) is 1.01.